The van der Waals surface area contributed by atoms with E-state index in [4.69, 9.17) is 0 Å². The number of hydrogen-bond acceptors (Lipinski definition) is 1. The first-order valence-electron chi connectivity index (χ1n) is 5.71. The van der Waals surface area contributed by atoms with E-state index < -0.39 is 29.2 Å². The Morgan fingerprint density at radius 1 is 1.10 bits per heavy atom. The van der Waals surface area contributed by atoms with Gasteiger partial charge in [0.2, 0.25) is 0 Å². The van der Waals surface area contributed by atoms with Crippen molar-refractivity contribution in [1.82, 2.24) is 0 Å². The zero-order valence-corrected chi connectivity index (χ0v) is 11.9. The Balaban J connectivity index is 2.32. The number of para-hydroxylation sites is 1. The largest absolute Gasteiger partial charge is 0.418 e. The van der Waals surface area contributed by atoms with E-state index in [1.165, 1.54) is 24.3 Å². The Morgan fingerprint density at radius 3 is 2.38 bits per heavy atom. The van der Waals surface area contributed by atoms with Crippen molar-refractivity contribution in [2.75, 3.05) is 5.32 Å². The molecule has 0 unspecified atom stereocenters. The Kier molecular flexibility index (Phi) is 4.32. The molecule has 0 atom stereocenters. The summed E-state index contributed by atoms with van der Waals surface area (Å²) in [7, 11) is 0. The highest BCUT2D eigenvalue weighted by Crippen LogP contribution is 2.34. The van der Waals surface area contributed by atoms with Crippen LogP contribution in [-0.4, -0.2) is 5.91 Å². The molecule has 0 heterocycles. The Hall–Kier alpha value is -1.89. The molecule has 0 fully saturated rings. The van der Waals surface area contributed by atoms with Crippen molar-refractivity contribution < 1.29 is 22.4 Å². The quantitative estimate of drug-likeness (QED) is 0.760. The molecule has 0 saturated heterocycles. The Bertz CT molecular complexity index is 685. The second-order valence-electron chi connectivity index (χ2n) is 4.12. The van der Waals surface area contributed by atoms with Crippen molar-refractivity contribution in [1.29, 1.82) is 0 Å². The number of amides is 1. The van der Waals surface area contributed by atoms with Crippen LogP contribution in [0.2, 0.25) is 0 Å². The minimum atomic E-state index is -4.61. The molecular formula is C14H8BrF4NO. The smallest absolute Gasteiger partial charge is 0.321 e. The lowest BCUT2D eigenvalue weighted by atomic mass is 10.1. The van der Waals surface area contributed by atoms with Gasteiger partial charge in [-0.15, -0.1) is 0 Å². The number of halogens is 5. The molecule has 2 nitrogen and oxygen atoms in total. The van der Waals surface area contributed by atoms with Crippen LogP contribution in [0, 0.1) is 5.82 Å². The third-order valence-corrected chi connectivity index (χ3v) is 3.15. The summed E-state index contributed by atoms with van der Waals surface area (Å²) in [6.45, 7) is 0. The summed E-state index contributed by atoms with van der Waals surface area (Å²) in [4.78, 5) is 11.9. The van der Waals surface area contributed by atoms with Crippen LogP contribution in [0.3, 0.4) is 0 Å². The van der Waals surface area contributed by atoms with Gasteiger partial charge < -0.3 is 5.32 Å². The highest BCUT2D eigenvalue weighted by molar-refractivity contribution is 9.10. The summed E-state index contributed by atoms with van der Waals surface area (Å²) >= 11 is 3.03. The van der Waals surface area contributed by atoms with E-state index in [-0.39, 0.29) is 5.56 Å². The second kappa shape index (κ2) is 5.85. The average molecular weight is 362 g/mol. The number of hydrogen-bond donors (Lipinski definition) is 1. The number of carbonyl (C=O) groups is 1. The molecule has 110 valence electrons. The van der Waals surface area contributed by atoms with Gasteiger partial charge in [-0.3, -0.25) is 4.79 Å². The average Bonchev–Trinajstić information content (AvgIpc) is 2.37. The number of nitrogens with one attached hydrogen (secondary N) is 1. The van der Waals surface area contributed by atoms with Crippen LogP contribution in [0.1, 0.15) is 15.9 Å². The molecule has 0 aliphatic rings. The van der Waals surface area contributed by atoms with Crippen molar-refractivity contribution in [3.05, 3.63) is 63.9 Å². The zero-order valence-electron chi connectivity index (χ0n) is 10.3. The van der Waals surface area contributed by atoms with Crippen molar-refractivity contribution in [3.8, 4) is 0 Å². The maximum atomic E-state index is 13.6. The van der Waals surface area contributed by atoms with E-state index in [9.17, 15) is 22.4 Å². The van der Waals surface area contributed by atoms with E-state index in [1.54, 1.807) is 0 Å². The first-order valence-corrected chi connectivity index (χ1v) is 6.51. The molecule has 0 saturated carbocycles. The minimum absolute atomic E-state index is 0.338. The minimum Gasteiger partial charge on any atom is -0.321 e. The van der Waals surface area contributed by atoms with Crippen molar-refractivity contribution in [2.45, 2.75) is 6.18 Å². The Labute approximate surface area is 125 Å². The van der Waals surface area contributed by atoms with Gasteiger partial charge in [-0.1, -0.05) is 28.1 Å². The highest BCUT2D eigenvalue weighted by atomic mass is 79.9. The normalized spacial score (nSPS) is 11.3. The molecule has 0 aliphatic heterocycles. The molecule has 1 N–H and O–H groups in total. The van der Waals surface area contributed by atoms with Crippen LogP contribution in [0.25, 0.3) is 0 Å². The molecule has 0 aliphatic carbocycles. The fraction of sp³-hybridized carbons (Fsp3) is 0.0714. The molecule has 7 heteroatoms. The topological polar surface area (TPSA) is 29.1 Å². The van der Waals surface area contributed by atoms with Gasteiger partial charge in [0.1, 0.15) is 5.82 Å². The summed E-state index contributed by atoms with van der Waals surface area (Å²) in [6, 6.07) is 8.18. The van der Waals surface area contributed by atoms with Gasteiger partial charge in [-0.05, 0) is 30.3 Å². The summed E-state index contributed by atoms with van der Waals surface area (Å²) < 4.78 is 52.5. The molecule has 0 bridgehead atoms. The number of anilines is 1. The highest BCUT2D eigenvalue weighted by Gasteiger charge is 2.33. The molecule has 0 radical (unpaired) electrons. The fourth-order valence-electron chi connectivity index (χ4n) is 1.70. The SMILES string of the molecule is O=C(Nc1ccccc1C(F)(F)F)c1ccc(Br)cc1F. The van der Waals surface area contributed by atoms with Crippen LogP contribution in [-0.2, 0) is 6.18 Å². The fourth-order valence-corrected chi connectivity index (χ4v) is 2.04. The molecule has 0 aromatic heterocycles. The van der Waals surface area contributed by atoms with Crippen LogP contribution < -0.4 is 5.32 Å². The van der Waals surface area contributed by atoms with Gasteiger partial charge in [0.05, 0.1) is 16.8 Å². The predicted octanol–water partition coefficient (Wildman–Crippen LogP) is 4.86. The van der Waals surface area contributed by atoms with Crippen LogP contribution in [0.15, 0.2) is 46.9 Å². The van der Waals surface area contributed by atoms with Crippen LogP contribution in [0.4, 0.5) is 23.2 Å². The zero-order chi connectivity index (χ0) is 15.6. The van der Waals surface area contributed by atoms with E-state index in [2.05, 4.69) is 21.2 Å². The van der Waals surface area contributed by atoms with E-state index >= 15 is 0 Å². The number of carbonyl (C=O) groups excluding carboxylic acids is 1. The second-order valence-corrected chi connectivity index (χ2v) is 5.04. The summed E-state index contributed by atoms with van der Waals surface area (Å²) in [5.74, 6) is -1.77. The molecule has 2 aromatic carbocycles. The lowest BCUT2D eigenvalue weighted by Gasteiger charge is -2.13. The first-order chi connectivity index (χ1) is 9.79. The van der Waals surface area contributed by atoms with E-state index in [0.717, 1.165) is 18.2 Å². The standard InChI is InChI=1S/C14H8BrF4NO/c15-8-5-6-9(11(16)7-8)13(21)20-12-4-2-1-3-10(12)14(17,18)19/h1-7H,(H,20,21). The monoisotopic (exact) mass is 361 g/mol. The molecular weight excluding hydrogens is 354 g/mol. The molecule has 2 aromatic rings. The molecule has 1 amide bonds. The van der Waals surface area contributed by atoms with Gasteiger partial charge >= 0.3 is 6.18 Å². The van der Waals surface area contributed by atoms with Crippen molar-refractivity contribution in [3.63, 3.8) is 0 Å². The lowest BCUT2D eigenvalue weighted by Crippen LogP contribution is -2.17. The van der Waals surface area contributed by atoms with Gasteiger partial charge in [-0.25, -0.2) is 4.39 Å². The Morgan fingerprint density at radius 2 is 1.76 bits per heavy atom. The summed E-state index contributed by atoms with van der Waals surface area (Å²) in [5.41, 5.74) is -1.75. The van der Waals surface area contributed by atoms with Gasteiger partial charge in [0.15, 0.2) is 0 Å². The molecule has 0 spiro atoms. The van der Waals surface area contributed by atoms with Crippen LogP contribution in [0.5, 0.6) is 0 Å². The molecule has 21 heavy (non-hydrogen) atoms. The van der Waals surface area contributed by atoms with Gasteiger partial charge in [0.25, 0.3) is 5.91 Å². The van der Waals surface area contributed by atoms with Gasteiger partial charge in [0, 0.05) is 4.47 Å². The predicted molar refractivity (Wildman–Crippen MR) is 73.5 cm³/mol. The summed E-state index contributed by atoms with van der Waals surface area (Å²) in [5, 5.41) is 2.08. The van der Waals surface area contributed by atoms with Crippen molar-refractivity contribution in [2.24, 2.45) is 0 Å². The van der Waals surface area contributed by atoms with E-state index in [1.807, 2.05) is 0 Å². The van der Waals surface area contributed by atoms with E-state index in [0.29, 0.717) is 4.47 Å². The lowest BCUT2D eigenvalue weighted by molar-refractivity contribution is -0.136. The third-order valence-electron chi connectivity index (χ3n) is 2.66. The summed E-state index contributed by atoms with van der Waals surface area (Å²) in [6.07, 6.45) is -4.61. The number of alkyl halides is 3. The van der Waals surface area contributed by atoms with Crippen molar-refractivity contribution >= 4 is 27.5 Å². The first kappa shape index (κ1) is 15.5. The van der Waals surface area contributed by atoms with Gasteiger partial charge in [-0.2, -0.15) is 13.2 Å². The maximum Gasteiger partial charge on any atom is 0.418 e. The third kappa shape index (κ3) is 3.60. The number of rotatable bonds is 2. The van der Waals surface area contributed by atoms with Crippen LogP contribution >= 0.6 is 15.9 Å². The molecule has 2 rings (SSSR count). The number of benzene rings is 2. The maximum absolute atomic E-state index is 13.6.